The van der Waals surface area contributed by atoms with Crippen molar-refractivity contribution in [3.05, 3.63) is 0 Å². The zero-order valence-electron chi connectivity index (χ0n) is 8.99. The highest BCUT2D eigenvalue weighted by Gasteiger charge is 2.47. The first-order chi connectivity index (χ1) is 7.16. The smallest absolute Gasteiger partial charge is 0.347 e. The molecule has 0 spiro atoms. The second kappa shape index (κ2) is 3.97. The van der Waals surface area contributed by atoms with Gasteiger partial charge < -0.3 is 14.7 Å². The van der Waals surface area contributed by atoms with E-state index >= 15 is 0 Å². The van der Waals surface area contributed by atoms with Gasteiger partial charge in [-0.15, -0.1) is 0 Å². The van der Waals surface area contributed by atoms with E-state index in [1.54, 1.807) is 14.1 Å². The molecule has 0 saturated carbocycles. The van der Waals surface area contributed by atoms with Crippen LogP contribution < -0.4 is 0 Å². The Morgan fingerprint density at radius 2 is 1.88 bits per heavy atom. The van der Waals surface area contributed by atoms with Crippen LogP contribution in [0, 0.1) is 0 Å². The normalized spacial score (nSPS) is 22.2. The van der Waals surface area contributed by atoms with Crippen LogP contribution in [0.25, 0.3) is 0 Å². The molecule has 1 rings (SSSR count). The molecule has 0 aromatic rings. The van der Waals surface area contributed by atoms with Gasteiger partial charge in [0.1, 0.15) is 0 Å². The number of hydrogen-bond donors (Lipinski definition) is 2. The number of nitrogens with zero attached hydrogens (tertiary/aromatic N) is 3. The molecule has 0 radical (unpaired) electrons. The van der Waals surface area contributed by atoms with Crippen LogP contribution in [0.4, 0.5) is 0 Å². The van der Waals surface area contributed by atoms with E-state index in [1.165, 1.54) is 11.9 Å². The second-order valence-corrected chi connectivity index (χ2v) is 5.23. The topological polar surface area (TPSA) is 111 Å². The minimum absolute atomic E-state index is 0.0553. The lowest BCUT2D eigenvalue weighted by Crippen LogP contribution is -2.52. The van der Waals surface area contributed by atoms with Gasteiger partial charge in [0.2, 0.25) is 11.6 Å². The highest BCUT2D eigenvalue weighted by Crippen LogP contribution is 2.43. The first kappa shape index (κ1) is 12.8. The molecule has 1 aliphatic heterocycles. The van der Waals surface area contributed by atoms with Crippen molar-refractivity contribution < 1.29 is 23.9 Å². The molecule has 0 saturated heterocycles. The number of carbonyl (C=O) groups excluding carboxylic acids is 2. The summed E-state index contributed by atoms with van der Waals surface area (Å²) in [5.74, 6) is -2.00. The van der Waals surface area contributed by atoms with Gasteiger partial charge in [-0.25, -0.2) is 0 Å². The number of guanidine groups is 1. The first-order valence-corrected chi connectivity index (χ1v) is 5.97. The Balaban J connectivity index is 3.21. The van der Waals surface area contributed by atoms with Crippen LogP contribution in [-0.2, 0) is 14.2 Å². The summed E-state index contributed by atoms with van der Waals surface area (Å²) >= 11 is 0. The van der Waals surface area contributed by atoms with Crippen LogP contribution in [0.2, 0.25) is 0 Å². The van der Waals surface area contributed by atoms with Gasteiger partial charge in [0, 0.05) is 21.1 Å². The van der Waals surface area contributed by atoms with Gasteiger partial charge >= 0.3 is 7.60 Å². The first-order valence-electron chi connectivity index (χ1n) is 4.29. The van der Waals surface area contributed by atoms with E-state index in [4.69, 9.17) is 9.79 Å². The molecule has 2 N–H and O–H groups in total. The molecule has 1 aliphatic rings. The molecule has 0 aliphatic carbocycles. The summed E-state index contributed by atoms with van der Waals surface area (Å²) in [6.07, 6.45) is 0. The third-order valence-corrected chi connectivity index (χ3v) is 3.16. The van der Waals surface area contributed by atoms with E-state index in [0.717, 1.165) is 4.90 Å². The van der Waals surface area contributed by atoms with Crippen molar-refractivity contribution in [1.29, 1.82) is 0 Å². The molecular formula is C7H12N3O5P. The second-order valence-electron chi connectivity index (χ2n) is 3.53. The minimum Gasteiger partial charge on any atom is -0.348 e. The van der Waals surface area contributed by atoms with Crippen molar-refractivity contribution in [1.82, 2.24) is 9.80 Å². The van der Waals surface area contributed by atoms with Gasteiger partial charge in [0.05, 0.1) is 0 Å². The molecule has 0 aromatic heterocycles. The number of amides is 2. The van der Waals surface area contributed by atoms with Crippen LogP contribution in [0.15, 0.2) is 4.99 Å². The Kier molecular flexibility index (Phi) is 3.18. The molecule has 1 unspecified atom stereocenters. The maximum Gasteiger partial charge on any atom is 0.347 e. The maximum absolute atomic E-state index is 11.6. The van der Waals surface area contributed by atoms with E-state index in [9.17, 15) is 14.2 Å². The van der Waals surface area contributed by atoms with Crippen LogP contribution in [0.5, 0.6) is 0 Å². The van der Waals surface area contributed by atoms with E-state index in [1.807, 2.05) is 0 Å². The van der Waals surface area contributed by atoms with Crippen LogP contribution >= 0.6 is 7.60 Å². The van der Waals surface area contributed by atoms with Gasteiger partial charge in [-0.3, -0.25) is 19.1 Å². The monoisotopic (exact) mass is 249 g/mol. The molecular weight excluding hydrogens is 237 g/mol. The molecule has 2 amide bonds. The average Bonchev–Trinajstić information content (AvgIpc) is 2.08. The Morgan fingerprint density at radius 1 is 1.38 bits per heavy atom. The quantitative estimate of drug-likeness (QED) is 0.430. The van der Waals surface area contributed by atoms with E-state index in [2.05, 4.69) is 4.99 Å². The van der Waals surface area contributed by atoms with Gasteiger partial charge in [-0.05, 0) is 0 Å². The highest BCUT2D eigenvalue weighted by molar-refractivity contribution is 7.55. The average molecular weight is 249 g/mol. The summed E-state index contributed by atoms with van der Waals surface area (Å²) in [6.45, 7) is 0. The number of aliphatic imine (C=N–C) groups is 1. The fourth-order valence-electron chi connectivity index (χ4n) is 1.31. The maximum atomic E-state index is 11.6. The molecule has 8 nitrogen and oxygen atoms in total. The Morgan fingerprint density at radius 3 is 2.25 bits per heavy atom. The fourth-order valence-corrected chi connectivity index (χ4v) is 2.12. The molecule has 0 bridgehead atoms. The SMILES string of the molecule is CN(C)C1=NC(=O)C(P(=O)(O)O)C(=O)N1C. The van der Waals surface area contributed by atoms with Crippen LogP contribution in [0.3, 0.4) is 0 Å². The summed E-state index contributed by atoms with van der Waals surface area (Å²) in [6, 6.07) is 0. The van der Waals surface area contributed by atoms with Gasteiger partial charge in [0.15, 0.2) is 0 Å². The van der Waals surface area contributed by atoms with Crippen LogP contribution in [-0.4, -0.2) is 64.2 Å². The van der Waals surface area contributed by atoms with Gasteiger partial charge in [-0.1, -0.05) is 0 Å². The lowest BCUT2D eigenvalue weighted by atomic mass is 10.3. The van der Waals surface area contributed by atoms with E-state index < -0.39 is 25.1 Å². The summed E-state index contributed by atoms with van der Waals surface area (Å²) in [4.78, 5) is 46.6. The number of hydrogen-bond acceptors (Lipinski definition) is 4. The van der Waals surface area contributed by atoms with E-state index in [-0.39, 0.29) is 5.96 Å². The van der Waals surface area contributed by atoms with E-state index in [0.29, 0.717) is 0 Å². The van der Waals surface area contributed by atoms with Crippen molar-refractivity contribution in [3.8, 4) is 0 Å². The van der Waals surface area contributed by atoms with Crippen molar-refractivity contribution in [2.75, 3.05) is 21.1 Å². The summed E-state index contributed by atoms with van der Waals surface area (Å²) < 4.78 is 11.0. The standard InChI is InChI=1S/C7H12N3O5P/c1-9(2)7-8-5(11)4(16(13,14)15)6(12)10(7)3/h4H,1-3H3,(H2,13,14,15). The molecule has 90 valence electrons. The molecule has 9 heteroatoms. The lowest BCUT2D eigenvalue weighted by molar-refractivity contribution is -0.132. The minimum atomic E-state index is -4.81. The van der Waals surface area contributed by atoms with Crippen LogP contribution in [0.1, 0.15) is 0 Å². The third kappa shape index (κ3) is 2.13. The third-order valence-electron chi connectivity index (χ3n) is 2.04. The molecule has 1 heterocycles. The molecule has 0 aromatic carbocycles. The zero-order chi connectivity index (χ0) is 12.7. The van der Waals surface area contributed by atoms with Gasteiger partial charge in [-0.2, -0.15) is 4.99 Å². The Hall–Kier alpha value is -1.24. The van der Waals surface area contributed by atoms with Crippen molar-refractivity contribution in [2.45, 2.75) is 5.66 Å². The molecule has 0 fully saturated rings. The summed E-state index contributed by atoms with van der Waals surface area (Å²) in [5, 5.41) is 0. The van der Waals surface area contributed by atoms with Crippen molar-refractivity contribution in [2.24, 2.45) is 4.99 Å². The Bertz CT molecular complexity index is 412. The van der Waals surface area contributed by atoms with Gasteiger partial charge in [0.25, 0.3) is 11.8 Å². The van der Waals surface area contributed by atoms with Crippen molar-refractivity contribution >= 4 is 25.4 Å². The Labute approximate surface area is 91.7 Å². The predicted molar refractivity (Wildman–Crippen MR) is 54.7 cm³/mol. The molecule has 16 heavy (non-hydrogen) atoms. The largest absolute Gasteiger partial charge is 0.348 e. The zero-order valence-corrected chi connectivity index (χ0v) is 9.88. The molecule has 1 atom stereocenters. The number of rotatable bonds is 1. The fraction of sp³-hybridized carbons (Fsp3) is 0.571. The van der Waals surface area contributed by atoms with Crippen molar-refractivity contribution in [3.63, 3.8) is 0 Å². The highest BCUT2D eigenvalue weighted by atomic mass is 31.2. The summed E-state index contributed by atoms with van der Waals surface area (Å²) in [5.41, 5.74) is -2.01. The lowest BCUT2D eigenvalue weighted by Gasteiger charge is -2.30. The number of carbonyl (C=O) groups is 2. The predicted octanol–water partition coefficient (Wildman–Crippen LogP) is -1.55. The summed E-state index contributed by atoms with van der Waals surface area (Å²) in [7, 11) is -0.386.